The number of carbonyl (C=O) groups is 2. The molecule has 0 spiro atoms. The molecule has 3 aromatic rings. The number of nitrogens with zero attached hydrogens (tertiary/aromatic N) is 1. The van der Waals surface area contributed by atoms with Gasteiger partial charge >= 0.3 is 11.9 Å². The van der Waals surface area contributed by atoms with Crippen molar-refractivity contribution in [3.05, 3.63) is 76.5 Å². The molecule has 32 heavy (non-hydrogen) atoms. The number of halogens is 1. The first kappa shape index (κ1) is 23.4. The summed E-state index contributed by atoms with van der Waals surface area (Å²) >= 11 is 6.31. The summed E-state index contributed by atoms with van der Waals surface area (Å²) in [6, 6.07) is 10.9. The molecule has 0 saturated heterocycles. The first-order chi connectivity index (χ1) is 15.2. The second kappa shape index (κ2) is 9.92. The highest BCUT2D eigenvalue weighted by Gasteiger charge is 2.17. The number of aromatic nitrogens is 1. The summed E-state index contributed by atoms with van der Waals surface area (Å²) in [6.45, 7) is 9.96. The average molecular weight is 456 g/mol. The molecule has 1 heterocycles. The molecular weight excluding hydrogens is 430 g/mol. The molecule has 0 bridgehead atoms. The molecule has 0 radical (unpaired) electrons. The third-order valence-corrected chi connectivity index (χ3v) is 5.54. The van der Waals surface area contributed by atoms with E-state index in [-0.39, 0.29) is 12.6 Å². The summed E-state index contributed by atoms with van der Waals surface area (Å²) < 4.78 is 17.7. The van der Waals surface area contributed by atoms with Gasteiger partial charge in [-0.3, -0.25) is 0 Å². The van der Waals surface area contributed by atoms with Crippen molar-refractivity contribution < 1.29 is 23.8 Å². The van der Waals surface area contributed by atoms with Crippen LogP contribution in [0.4, 0.5) is 0 Å². The number of benzene rings is 2. The summed E-state index contributed by atoms with van der Waals surface area (Å²) in [5, 5.41) is 1.49. The van der Waals surface area contributed by atoms with Gasteiger partial charge in [0, 0.05) is 28.2 Å². The van der Waals surface area contributed by atoms with Gasteiger partial charge in [0.15, 0.2) is 6.10 Å². The first-order valence-corrected chi connectivity index (χ1v) is 10.5. The lowest BCUT2D eigenvalue weighted by Crippen LogP contribution is -2.24. The smallest absolute Gasteiger partial charge is 0.346 e. The van der Waals surface area contributed by atoms with E-state index in [0.29, 0.717) is 22.9 Å². The average Bonchev–Trinajstić information content (AvgIpc) is 3.00. The molecule has 1 aromatic heterocycles. The number of fused-ring (bicyclic) bond motifs is 1. The molecule has 0 fully saturated rings. The number of carbonyl (C=O) groups excluding carboxylic acids is 2. The molecule has 0 aliphatic heterocycles. The number of methoxy groups -OCH3 is 1. The zero-order valence-corrected chi connectivity index (χ0v) is 19.4. The lowest BCUT2D eigenvalue weighted by atomic mass is 10.1. The van der Waals surface area contributed by atoms with Crippen LogP contribution in [0, 0.1) is 13.8 Å². The Morgan fingerprint density at radius 2 is 1.94 bits per heavy atom. The van der Waals surface area contributed by atoms with Crippen LogP contribution in [0.15, 0.2) is 49.1 Å². The molecule has 168 valence electrons. The zero-order valence-electron chi connectivity index (χ0n) is 18.6. The molecule has 3 rings (SSSR count). The highest BCUT2D eigenvalue weighted by Crippen LogP contribution is 2.29. The number of ether oxygens (including phenoxy) is 3. The molecule has 7 heteroatoms. The van der Waals surface area contributed by atoms with E-state index in [1.54, 1.807) is 19.1 Å². The van der Waals surface area contributed by atoms with Gasteiger partial charge in [0.05, 0.1) is 12.7 Å². The molecular formula is C25H26ClNO5. The lowest BCUT2D eigenvalue weighted by molar-refractivity contribution is -0.147. The molecule has 1 atom stereocenters. The van der Waals surface area contributed by atoms with Crippen LogP contribution in [0.1, 0.15) is 34.1 Å². The van der Waals surface area contributed by atoms with E-state index >= 15 is 0 Å². The van der Waals surface area contributed by atoms with Gasteiger partial charge < -0.3 is 18.8 Å². The molecule has 0 N–H and O–H groups in total. The number of hydrogen-bond acceptors (Lipinski definition) is 5. The maximum absolute atomic E-state index is 12.2. The Hall–Kier alpha value is -3.25. The van der Waals surface area contributed by atoms with Crippen molar-refractivity contribution in [2.24, 2.45) is 0 Å². The second-order valence-electron chi connectivity index (χ2n) is 7.49. The highest BCUT2D eigenvalue weighted by molar-refractivity contribution is 6.30. The Labute approximate surface area is 192 Å². The third kappa shape index (κ3) is 4.97. The van der Waals surface area contributed by atoms with Crippen LogP contribution in [0.2, 0.25) is 5.02 Å². The minimum atomic E-state index is -0.748. The summed E-state index contributed by atoms with van der Waals surface area (Å²) in [6.07, 6.45) is 0.791. The summed E-state index contributed by atoms with van der Waals surface area (Å²) in [5.41, 5.74) is 4.55. The van der Waals surface area contributed by atoms with Gasteiger partial charge in [-0.1, -0.05) is 24.3 Å². The Balaban J connectivity index is 1.93. The Morgan fingerprint density at radius 1 is 1.19 bits per heavy atom. The summed E-state index contributed by atoms with van der Waals surface area (Å²) in [4.78, 5) is 23.9. The minimum Gasteiger partial charge on any atom is -0.479 e. The monoisotopic (exact) mass is 455 g/mol. The molecule has 0 aliphatic carbocycles. The lowest BCUT2D eigenvalue weighted by Gasteiger charge is -2.15. The van der Waals surface area contributed by atoms with E-state index in [4.69, 9.17) is 25.8 Å². The Bertz CT molecular complexity index is 1180. The SMILES string of the molecule is C=CCOC(=O)c1ccc2c(c1)c(C)c(C)n2Cc1cc(Cl)cc(O[C@@H](C)C(=O)OC)c1. The minimum absolute atomic E-state index is 0.170. The van der Waals surface area contributed by atoms with E-state index in [1.807, 2.05) is 38.1 Å². The number of hydrogen-bond donors (Lipinski definition) is 0. The van der Waals surface area contributed by atoms with E-state index in [2.05, 4.69) is 11.1 Å². The van der Waals surface area contributed by atoms with Gasteiger partial charge in [0.2, 0.25) is 0 Å². The molecule has 0 saturated carbocycles. The van der Waals surface area contributed by atoms with E-state index in [9.17, 15) is 9.59 Å². The number of rotatable bonds is 8. The van der Waals surface area contributed by atoms with Crippen LogP contribution >= 0.6 is 11.6 Å². The molecule has 0 unspecified atom stereocenters. The predicted molar refractivity (Wildman–Crippen MR) is 125 cm³/mol. The topological polar surface area (TPSA) is 66.8 Å². The van der Waals surface area contributed by atoms with Crippen molar-refractivity contribution in [2.45, 2.75) is 33.4 Å². The fourth-order valence-electron chi connectivity index (χ4n) is 3.58. The fraction of sp³-hybridized carbons (Fsp3) is 0.280. The Morgan fingerprint density at radius 3 is 2.62 bits per heavy atom. The Kier molecular flexibility index (Phi) is 7.26. The van der Waals surface area contributed by atoms with Crippen LogP contribution in [0.5, 0.6) is 5.75 Å². The van der Waals surface area contributed by atoms with Gasteiger partial charge in [-0.15, -0.1) is 0 Å². The first-order valence-electron chi connectivity index (χ1n) is 10.2. The van der Waals surface area contributed by atoms with Gasteiger partial charge in [-0.2, -0.15) is 0 Å². The predicted octanol–water partition coefficient (Wildman–Crippen LogP) is 5.24. The van der Waals surface area contributed by atoms with Crippen LogP contribution in [-0.2, 0) is 20.8 Å². The number of aryl methyl sites for hydroxylation is 1. The maximum atomic E-state index is 12.2. The molecule has 6 nitrogen and oxygen atoms in total. The van der Waals surface area contributed by atoms with Crippen molar-refractivity contribution in [1.29, 1.82) is 0 Å². The van der Waals surface area contributed by atoms with E-state index in [0.717, 1.165) is 27.7 Å². The normalized spacial score (nSPS) is 11.8. The third-order valence-electron chi connectivity index (χ3n) is 5.32. The van der Waals surface area contributed by atoms with Gasteiger partial charge in [0.25, 0.3) is 0 Å². The highest BCUT2D eigenvalue weighted by atomic mass is 35.5. The van der Waals surface area contributed by atoms with Crippen LogP contribution in [0.25, 0.3) is 10.9 Å². The van der Waals surface area contributed by atoms with Crippen molar-refractivity contribution in [3.8, 4) is 5.75 Å². The van der Waals surface area contributed by atoms with Crippen molar-refractivity contribution in [1.82, 2.24) is 4.57 Å². The van der Waals surface area contributed by atoms with Crippen LogP contribution < -0.4 is 4.74 Å². The van der Waals surface area contributed by atoms with Gasteiger partial charge in [-0.25, -0.2) is 9.59 Å². The van der Waals surface area contributed by atoms with Gasteiger partial charge in [0.1, 0.15) is 12.4 Å². The maximum Gasteiger partial charge on any atom is 0.346 e. The largest absolute Gasteiger partial charge is 0.479 e. The summed E-state index contributed by atoms with van der Waals surface area (Å²) in [7, 11) is 1.32. The van der Waals surface area contributed by atoms with Crippen LogP contribution in [-0.4, -0.2) is 36.3 Å². The second-order valence-corrected chi connectivity index (χ2v) is 7.93. The fourth-order valence-corrected chi connectivity index (χ4v) is 3.83. The quantitative estimate of drug-likeness (QED) is 0.343. The molecule has 0 aliphatic rings. The number of esters is 2. The van der Waals surface area contributed by atoms with Crippen molar-refractivity contribution in [3.63, 3.8) is 0 Å². The summed E-state index contributed by atoms with van der Waals surface area (Å²) in [5.74, 6) is -0.353. The van der Waals surface area contributed by atoms with Crippen molar-refractivity contribution in [2.75, 3.05) is 13.7 Å². The van der Waals surface area contributed by atoms with E-state index < -0.39 is 12.1 Å². The van der Waals surface area contributed by atoms with E-state index in [1.165, 1.54) is 13.2 Å². The molecule has 0 amide bonds. The van der Waals surface area contributed by atoms with Crippen LogP contribution in [0.3, 0.4) is 0 Å². The zero-order chi connectivity index (χ0) is 23.4. The molecule has 2 aromatic carbocycles. The standard InChI is InChI=1S/C25H26ClNO5/c1-6-9-31-25(29)19-7-8-23-22(12-19)15(2)16(3)27(23)14-18-10-20(26)13-21(11-18)32-17(4)24(28)30-5/h6-8,10-13,17H,1,9,14H2,2-5H3/t17-/m0/s1. The van der Waals surface area contributed by atoms with Gasteiger partial charge in [-0.05, 0) is 68.3 Å². The van der Waals surface area contributed by atoms with Crippen molar-refractivity contribution >= 4 is 34.4 Å².